The predicted octanol–water partition coefficient (Wildman–Crippen LogP) is 2.79. The molecule has 0 fully saturated rings. The molecule has 1 atom stereocenters. The van der Waals surface area contributed by atoms with Gasteiger partial charge in [0.15, 0.2) is 5.54 Å². The minimum Gasteiger partial charge on any atom is -0.355 e. The van der Waals surface area contributed by atoms with Gasteiger partial charge in [0.1, 0.15) is 0 Å². The quantitative estimate of drug-likeness (QED) is 0.681. The highest BCUT2D eigenvalue weighted by Crippen LogP contribution is 2.51. The van der Waals surface area contributed by atoms with E-state index in [1.54, 1.807) is 23.8 Å². The number of hydrogen-bond acceptors (Lipinski definition) is 2. The molecule has 3 heterocycles. The van der Waals surface area contributed by atoms with E-state index in [0.29, 0.717) is 6.54 Å². The molecule has 0 unspecified atom stereocenters. The van der Waals surface area contributed by atoms with Crippen molar-refractivity contribution in [1.29, 1.82) is 0 Å². The molecule has 0 saturated heterocycles. The van der Waals surface area contributed by atoms with Crippen LogP contribution in [-0.2, 0) is 21.5 Å². The van der Waals surface area contributed by atoms with Crippen LogP contribution >= 0.6 is 0 Å². The van der Waals surface area contributed by atoms with Crippen LogP contribution in [0.5, 0.6) is 0 Å². The van der Waals surface area contributed by atoms with Gasteiger partial charge in [0.05, 0.1) is 5.69 Å². The van der Waals surface area contributed by atoms with Crippen LogP contribution in [0, 0.1) is 0 Å². The van der Waals surface area contributed by atoms with Gasteiger partial charge in [-0.1, -0.05) is 36.4 Å². The van der Waals surface area contributed by atoms with Crippen molar-refractivity contribution in [3.63, 3.8) is 0 Å². The van der Waals surface area contributed by atoms with Gasteiger partial charge in [-0.15, -0.1) is 0 Å². The van der Waals surface area contributed by atoms with Gasteiger partial charge in [0.25, 0.3) is 5.91 Å². The van der Waals surface area contributed by atoms with E-state index in [1.165, 1.54) is 0 Å². The fourth-order valence-electron chi connectivity index (χ4n) is 4.73. The van der Waals surface area contributed by atoms with Crippen LogP contribution in [0.1, 0.15) is 23.7 Å². The minimum absolute atomic E-state index is 0.0820. The molecule has 0 bridgehead atoms. The summed E-state index contributed by atoms with van der Waals surface area (Å²) in [7, 11) is 1.78. The summed E-state index contributed by atoms with van der Waals surface area (Å²) in [6.45, 7) is 2.07. The normalized spacial score (nSPS) is 21.4. The first kappa shape index (κ1) is 15.2. The van der Waals surface area contributed by atoms with Crippen LogP contribution in [0.15, 0.2) is 48.5 Å². The first-order valence-corrected chi connectivity index (χ1v) is 8.82. The summed E-state index contributed by atoms with van der Waals surface area (Å²) in [4.78, 5) is 33.1. The Kier molecular flexibility index (Phi) is 2.91. The molecule has 0 saturated carbocycles. The Morgan fingerprint density at radius 3 is 2.65 bits per heavy atom. The smallest absolute Gasteiger partial charge is 0.263 e. The first-order chi connectivity index (χ1) is 12.6. The minimum atomic E-state index is -1.11. The lowest BCUT2D eigenvalue weighted by Crippen LogP contribution is -2.58. The Morgan fingerprint density at radius 2 is 1.85 bits per heavy atom. The number of nitrogens with zero attached hydrogens (tertiary/aromatic N) is 2. The van der Waals surface area contributed by atoms with E-state index < -0.39 is 5.54 Å². The summed E-state index contributed by atoms with van der Waals surface area (Å²) >= 11 is 0. The Bertz CT molecular complexity index is 1080. The van der Waals surface area contributed by atoms with E-state index in [4.69, 9.17) is 0 Å². The summed E-state index contributed by atoms with van der Waals surface area (Å²) in [5.41, 5.74) is 3.59. The lowest BCUT2D eigenvalue weighted by atomic mass is 9.80. The molecule has 5 rings (SSSR count). The number of likely N-dealkylation sites (N-methyl/N-ethyl adjacent to an activating group) is 1. The third kappa shape index (κ3) is 1.60. The van der Waals surface area contributed by atoms with Crippen molar-refractivity contribution in [1.82, 2.24) is 9.88 Å². The summed E-state index contributed by atoms with van der Waals surface area (Å²) in [6.07, 6.45) is 0.736. The van der Waals surface area contributed by atoms with Crippen LogP contribution in [-0.4, -0.2) is 35.3 Å². The maximum atomic E-state index is 13.6. The van der Waals surface area contributed by atoms with Crippen LogP contribution in [0.4, 0.5) is 5.69 Å². The number of anilines is 1. The molecule has 2 aromatic carbocycles. The maximum absolute atomic E-state index is 13.6. The number of fused-ring (bicyclic) bond motifs is 6. The molecule has 0 radical (unpaired) electrons. The Labute approximate surface area is 151 Å². The van der Waals surface area contributed by atoms with Crippen molar-refractivity contribution >= 4 is 28.4 Å². The molecule has 2 aliphatic heterocycles. The van der Waals surface area contributed by atoms with Crippen molar-refractivity contribution in [3.05, 3.63) is 65.4 Å². The van der Waals surface area contributed by atoms with Gasteiger partial charge in [-0.3, -0.25) is 9.59 Å². The standard InChI is InChI=1S/C21H19N3O2/c1-13(25)24-12-11-15-14-7-3-5-9-17(14)22-19(15)21(24)16-8-4-6-10-18(16)23(2)20(21)26/h3-10,22H,11-12H2,1-2H3/t21-/m0/s1. The van der Waals surface area contributed by atoms with Gasteiger partial charge in [0, 0.05) is 42.7 Å². The Hall–Kier alpha value is -3.08. The number of para-hydroxylation sites is 2. The number of hydrogen-bond donors (Lipinski definition) is 1. The van der Waals surface area contributed by atoms with Gasteiger partial charge in [-0.2, -0.15) is 0 Å². The zero-order valence-corrected chi connectivity index (χ0v) is 14.7. The van der Waals surface area contributed by atoms with E-state index in [9.17, 15) is 9.59 Å². The molecular formula is C21H19N3O2. The largest absolute Gasteiger partial charge is 0.355 e. The van der Waals surface area contributed by atoms with Crippen LogP contribution in [0.3, 0.4) is 0 Å². The van der Waals surface area contributed by atoms with Gasteiger partial charge >= 0.3 is 0 Å². The molecular weight excluding hydrogens is 326 g/mol. The van der Waals surface area contributed by atoms with E-state index >= 15 is 0 Å². The molecule has 130 valence electrons. The lowest BCUT2D eigenvalue weighted by molar-refractivity contribution is -0.143. The van der Waals surface area contributed by atoms with Crippen molar-refractivity contribution in [2.24, 2.45) is 0 Å². The van der Waals surface area contributed by atoms with E-state index in [-0.39, 0.29) is 11.8 Å². The zero-order chi connectivity index (χ0) is 18.1. The van der Waals surface area contributed by atoms with Gasteiger partial charge in [0.2, 0.25) is 5.91 Å². The molecule has 5 heteroatoms. The third-order valence-electron chi connectivity index (χ3n) is 5.82. The average molecular weight is 345 g/mol. The number of benzene rings is 2. The predicted molar refractivity (Wildman–Crippen MR) is 100 cm³/mol. The zero-order valence-electron chi connectivity index (χ0n) is 14.7. The average Bonchev–Trinajstić information content (AvgIpc) is 3.13. The third-order valence-corrected chi connectivity index (χ3v) is 5.82. The molecule has 3 aromatic rings. The number of amides is 2. The molecule has 1 spiro atoms. The summed E-state index contributed by atoms with van der Waals surface area (Å²) in [6, 6.07) is 15.9. The van der Waals surface area contributed by atoms with Gasteiger partial charge in [-0.25, -0.2) is 0 Å². The Balaban J connectivity index is 1.92. The van der Waals surface area contributed by atoms with Gasteiger partial charge < -0.3 is 14.8 Å². The van der Waals surface area contributed by atoms with Crippen molar-refractivity contribution in [3.8, 4) is 0 Å². The van der Waals surface area contributed by atoms with Gasteiger partial charge in [-0.05, 0) is 24.1 Å². The van der Waals surface area contributed by atoms with Crippen molar-refractivity contribution in [2.45, 2.75) is 18.9 Å². The highest BCUT2D eigenvalue weighted by atomic mass is 16.2. The van der Waals surface area contributed by atoms with Crippen molar-refractivity contribution in [2.75, 3.05) is 18.5 Å². The number of rotatable bonds is 0. The molecule has 0 aliphatic carbocycles. The highest BCUT2D eigenvalue weighted by Gasteiger charge is 2.59. The SMILES string of the molecule is CC(=O)N1CCc2c([nH]c3ccccc23)[C@@]12C(=O)N(C)c1ccccc12. The summed E-state index contributed by atoms with van der Waals surface area (Å²) < 4.78 is 0. The fourth-order valence-corrected chi connectivity index (χ4v) is 4.73. The molecule has 5 nitrogen and oxygen atoms in total. The van der Waals surface area contributed by atoms with Crippen LogP contribution in [0.25, 0.3) is 10.9 Å². The molecule has 1 aromatic heterocycles. The molecule has 2 amide bonds. The summed E-state index contributed by atoms with van der Waals surface area (Å²) in [5.74, 6) is -0.172. The van der Waals surface area contributed by atoms with E-state index in [0.717, 1.165) is 39.8 Å². The van der Waals surface area contributed by atoms with E-state index in [1.807, 2.05) is 42.5 Å². The Morgan fingerprint density at radius 1 is 1.12 bits per heavy atom. The number of carbonyl (C=O) groups excluding carboxylic acids is 2. The first-order valence-electron chi connectivity index (χ1n) is 8.82. The second kappa shape index (κ2) is 4.97. The van der Waals surface area contributed by atoms with Crippen LogP contribution in [0.2, 0.25) is 0 Å². The number of aromatic amines is 1. The molecule has 26 heavy (non-hydrogen) atoms. The second-order valence-electron chi connectivity index (χ2n) is 7.04. The number of aromatic nitrogens is 1. The van der Waals surface area contributed by atoms with Crippen molar-refractivity contribution < 1.29 is 9.59 Å². The number of H-pyrrole nitrogens is 1. The van der Waals surface area contributed by atoms with E-state index in [2.05, 4.69) is 11.1 Å². The topological polar surface area (TPSA) is 56.4 Å². The monoisotopic (exact) mass is 345 g/mol. The molecule has 2 aliphatic rings. The second-order valence-corrected chi connectivity index (χ2v) is 7.04. The fraction of sp³-hybridized carbons (Fsp3) is 0.238. The lowest BCUT2D eigenvalue weighted by Gasteiger charge is -2.43. The number of nitrogens with one attached hydrogen (secondary N) is 1. The highest BCUT2D eigenvalue weighted by molar-refractivity contribution is 6.12. The molecule has 1 N–H and O–H groups in total. The summed E-state index contributed by atoms with van der Waals surface area (Å²) in [5, 5.41) is 1.13. The van der Waals surface area contributed by atoms with Crippen LogP contribution < -0.4 is 4.90 Å². The maximum Gasteiger partial charge on any atom is 0.263 e. The number of carbonyl (C=O) groups is 2.